The number of carboxylic acids is 1. The number of carboxylic acid groups (broad SMARTS) is 1. The van der Waals surface area contributed by atoms with Crippen LogP contribution in [0.1, 0.15) is 50.5 Å². The zero-order chi connectivity index (χ0) is 39.4. The molecule has 3 N–H and O–H groups in total. The summed E-state index contributed by atoms with van der Waals surface area (Å²) in [7, 11) is -2.71. The maximum absolute atomic E-state index is 14.0. The highest BCUT2D eigenvalue weighted by atomic mass is 32.2. The van der Waals surface area contributed by atoms with Crippen LogP contribution in [0.3, 0.4) is 0 Å². The molecule has 16 nitrogen and oxygen atoms in total. The molecule has 0 saturated carbocycles. The van der Waals surface area contributed by atoms with E-state index in [2.05, 4.69) is 15.4 Å². The molecule has 0 radical (unpaired) electrons. The van der Waals surface area contributed by atoms with E-state index in [0.717, 1.165) is 4.31 Å². The van der Waals surface area contributed by atoms with E-state index in [1.807, 2.05) is 0 Å². The smallest absolute Gasteiger partial charge is 0.329 e. The van der Waals surface area contributed by atoms with Crippen molar-refractivity contribution < 1.29 is 61.1 Å². The van der Waals surface area contributed by atoms with Gasteiger partial charge < -0.3 is 44.2 Å². The molecule has 2 aromatic carbocycles. The molecule has 0 aromatic heterocycles. The van der Waals surface area contributed by atoms with Crippen molar-refractivity contribution in [3.63, 3.8) is 0 Å². The van der Waals surface area contributed by atoms with Crippen LogP contribution in [0.4, 0.5) is 0 Å². The normalized spacial score (nSPS) is 12.4. The number of rotatable bonds is 25. The molecule has 1 atom stereocenters. The average molecular weight is 768 g/mol. The first-order chi connectivity index (χ1) is 25.0. The summed E-state index contributed by atoms with van der Waals surface area (Å²) in [6, 6.07) is 11.3. The van der Waals surface area contributed by atoms with Gasteiger partial charge in [0, 0.05) is 25.2 Å². The number of aliphatic carboxylic acids is 1. The lowest BCUT2D eigenvalue weighted by Crippen LogP contribution is -2.49. The summed E-state index contributed by atoms with van der Waals surface area (Å²) in [6.07, 6.45) is 0. The number of nitrogens with one attached hydrogen (secondary N) is 2. The van der Waals surface area contributed by atoms with Gasteiger partial charge in [0.15, 0.2) is 0 Å². The average Bonchev–Trinajstić information content (AvgIpc) is 3.09. The number of hydrogen-bond donors (Lipinski definition) is 3. The number of methoxy groups -OCH3 is 1. The zero-order valence-electron chi connectivity index (χ0n) is 31.3. The van der Waals surface area contributed by atoms with E-state index in [4.69, 9.17) is 28.8 Å². The third kappa shape index (κ3) is 17.0. The van der Waals surface area contributed by atoms with E-state index in [0.29, 0.717) is 43.3 Å². The van der Waals surface area contributed by atoms with Crippen molar-refractivity contribution in [2.24, 2.45) is 5.92 Å². The predicted molar refractivity (Wildman–Crippen MR) is 193 cm³/mol. The second kappa shape index (κ2) is 22.8. The Morgan fingerprint density at radius 1 is 0.774 bits per heavy atom. The zero-order valence-corrected chi connectivity index (χ0v) is 32.1. The Balaban J connectivity index is 1.83. The molecule has 2 amide bonds. The summed E-state index contributed by atoms with van der Waals surface area (Å²) >= 11 is 0. The molecule has 0 aliphatic carbocycles. The minimum absolute atomic E-state index is 0.00810. The molecule has 0 fully saturated rings. The van der Waals surface area contributed by atoms with Crippen molar-refractivity contribution >= 4 is 33.8 Å². The molecule has 0 aliphatic heterocycles. The molecule has 2 rings (SSSR count). The van der Waals surface area contributed by atoms with E-state index in [-0.39, 0.29) is 50.3 Å². The van der Waals surface area contributed by atoms with Crippen molar-refractivity contribution in [1.29, 1.82) is 0 Å². The number of hydrogen-bond acceptors (Lipinski definition) is 12. The summed E-state index contributed by atoms with van der Waals surface area (Å²) in [5.74, 6) is -2.53. The fourth-order valence-electron chi connectivity index (χ4n) is 4.67. The van der Waals surface area contributed by atoms with Gasteiger partial charge in [0.1, 0.15) is 30.6 Å². The van der Waals surface area contributed by atoms with Gasteiger partial charge in [-0.1, -0.05) is 26.0 Å². The van der Waals surface area contributed by atoms with Gasteiger partial charge in [0.25, 0.3) is 5.91 Å². The monoisotopic (exact) mass is 767 g/mol. The first-order valence-corrected chi connectivity index (χ1v) is 18.5. The van der Waals surface area contributed by atoms with Gasteiger partial charge >= 0.3 is 11.9 Å². The van der Waals surface area contributed by atoms with E-state index >= 15 is 0 Å². The van der Waals surface area contributed by atoms with Crippen LogP contribution in [0.15, 0.2) is 53.4 Å². The quantitative estimate of drug-likeness (QED) is 0.0981. The number of amides is 2. The molecule has 2 aromatic rings. The molecule has 17 heteroatoms. The lowest BCUT2D eigenvalue weighted by molar-refractivity contribution is -0.161. The maximum Gasteiger partial charge on any atom is 0.329 e. The van der Waals surface area contributed by atoms with Gasteiger partial charge in [-0.2, -0.15) is 4.31 Å². The molecule has 0 saturated heterocycles. The van der Waals surface area contributed by atoms with Crippen LogP contribution in [0.2, 0.25) is 0 Å². The van der Waals surface area contributed by atoms with Crippen LogP contribution < -0.4 is 15.4 Å². The number of nitrogens with zero attached hydrogens (tertiary/aromatic N) is 1. The topological polar surface area (TPSA) is 205 Å². The Hall–Kier alpha value is -4.13. The Kier molecular flexibility index (Phi) is 19.4. The van der Waals surface area contributed by atoms with Crippen LogP contribution in [-0.4, -0.2) is 126 Å². The van der Waals surface area contributed by atoms with Crippen molar-refractivity contribution in [2.75, 3.05) is 73.1 Å². The highest BCUT2D eigenvalue weighted by Gasteiger charge is 2.40. The minimum atomic E-state index is -4.19. The fourth-order valence-corrected chi connectivity index (χ4v) is 6.37. The molecule has 296 valence electrons. The summed E-state index contributed by atoms with van der Waals surface area (Å²) < 4.78 is 61.0. The molecule has 1 unspecified atom stereocenters. The molecule has 0 aliphatic rings. The third-order valence-corrected chi connectivity index (χ3v) is 8.96. The number of carbonyl (C=O) groups excluding carboxylic acids is 3. The van der Waals surface area contributed by atoms with Gasteiger partial charge in [0.2, 0.25) is 15.9 Å². The molecular formula is C36H53N3O13S. The van der Waals surface area contributed by atoms with Crippen LogP contribution >= 0.6 is 0 Å². The van der Waals surface area contributed by atoms with Gasteiger partial charge in [-0.15, -0.1) is 0 Å². The van der Waals surface area contributed by atoms with Gasteiger partial charge in [-0.05, 0) is 68.7 Å². The standard InChI is InChI=1S/C36H53N3O13S/c1-26(2)33(35(44)52-36(3,4)5)39(53(45,46)30-13-11-29(47-6)12-14-30)23-27-7-9-28(10-8-27)34(43)38-16-18-49-20-22-50-21-19-48-17-15-37-31(40)24-51-25-32(41)42/h7-14,26,33H,15-25H2,1-6H3,(H,37,40)(H,38,43)(H,41,42). The van der Waals surface area contributed by atoms with Crippen LogP contribution in [0, 0.1) is 5.92 Å². The summed E-state index contributed by atoms with van der Waals surface area (Å²) in [5, 5.41) is 13.8. The Morgan fingerprint density at radius 3 is 1.83 bits per heavy atom. The summed E-state index contributed by atoms with van der Waals surface area (Å²) in [5.41, 5.74) is 0.0901. The minimum Gasteiger partial charge on any atom is -0.497 e. The summed E-state index contributed by atoms with van der Waals surface area (Å²) in [4.78, 5) is 47.9. The second-order valence-corrected chi connectivity index (χ2v) is 14.9. The molecule has 0 spiro atoms. The number of carbonyl (C=O) groups is 4. The summed E-state index contributed by atoms with van der Waals surface area (Å²) in [6.45, 7) is 9.88. The lowest BCUT2D eigenvalue weighted by atomic mass is 10.0. The second-order valence-electron chi connectivity index (χ2n) is 13.0. The first kappa shape index (κ1) is 45.0. The number of sulfonamides is 1. The highest BCUT2D eigenvalue weighted by Crippen LogP contribution is 2.28. The first-order valence-electron chi connectivity index (χ1n) is 17.1. The number of benzene rings is 2. The van der Waals surface area contributed by atoms with Crippen molar-refractivity contribution in [1.82, 2.24) is 14.9 Å². The van der Waals surface area contributed by atoms with Crippen molar-refractivity contribution in [3.05, 3.63) is 59.7 Å². The Bertz CT molecular complexity index is 1540. The third-order valence-electron chi connectivity index (χ3n) is 7.11. The lowest BCUT2D eigenvalue weighted by Gasteiger charge is -2.34. The van der Waals surface area contributed by atoms with E-state index in [9.17, 15) is 27.6 Å². The molecule has 53 heavy (non-hydrogen) atoms. The molecule has 0 heterocycles. The van der Waals surface area contributed by atoms with Crippen LogP contribution in [0.5, 0.6) is 5.75 Å². The van der Waals surface area contributed by atoms with Gasteiger partial charge in [0.05, 0.1) is 51.6 Å². The Labute approximate surface area is 311 Å². The van der Waals surface area contributed by atoms with E-state index in [1.165, 1.54) is 31.4 Å². The van der Waals surface area contributed by atoms with Crippen LogP contribution in [-0.2, 0) is 54.6 Å². The highest BCUT2D eigenvalue weighted by molar-refractivity contribution is 7.89. The van der Waals surface area contributed by atoms with Crippen molar-refractivity contribution in [2.45, 2.75) is 57.7 Å². The SMILES string of the molecule is COc1ccc(S(=O)(=O)N(Cc2ccc(C(=O)NCCOCCOCCOCCNC(=O)COCC(=O)O)cc2)C(C(=O)OC(C)(C)C)C(C)C)cc1. The maximum atomic E-state index is 14.0. The molecular weight excluding hydrogens is 714 g/mol. The van der Waals surface area contributed by atoms with Crippen LogP contribution in [0.25, 0.3) is 0 Å². The largest absolute Gasteiger partial charge is 0.497 e. The van der Waals surface area contributed by atoms with E-state index in [1.54, 1.807) is 58.9 Å². The predicted octanol–water partition coefficient (Wildman–Crippen LogP) is 2.25. The van der Waals surface area contributed by atoms with Gasteiger partial charge in [-0.25, -0.2) is 13.2 Å². The van der Waals surface area contributed by atoms with Crippen molar-refractivity contribution in [3.8, 4) is 5.75 Å². The fraction of sp³-hybridized carbons (Fsp3) is 0.556. The molecule has 0 bridgehead atoms. The number of esters is 1. The Morgan fingerprint density at radius 2 is 1.32 bits per heavy atom. The van der Waals surface area contributed by atoms with E-state index < -0.39 is 52.0 Å². The van der Waals surface area contributed by atoms with Gasteiger partial charge in [-0.3, -0.25) is 14.4 Å². The number of ether oxygens (including phenoxy) is 6.